The molecule has 0 unspecified atom stereocenters. The summed E-state index contributed by atoms with van der Waals surface area (Å²) in [6.07, 6.45) is 9.08. The van der Waals surface area contributed by atoms with Gasteiger partial charge in [-0.15, -0.1) is 12.4 Å². The van der Waals surface area contributed by atoms with Gasteiger partial charge in [0.25, 0.3) is 0 Å². The Morgan fingerprint density at radius 3 is 3.00 bits per heavy atom. The Kier molecular flexibility index (Phi) is 6.98. The highest BCUT2D eigenvalue weighted by Crippen LogP contribution is 2.20. The topological polar surface area (TPSA) is 93.2 Å². The van der Waals surface area contributed by atoms with Crippen LogP contribution in [0, 0.1) is 0 Å². The number of benzene rings is 1. The number of aromatic nitrogens is 2. The largest absolute Gasteiger partial charge is 0.507 e. The Bertz CT molecular complexity index is 626. The van der Waals surface area contributed by atoms with Gasteiger partial charge in [0.1, 0.15) is 5.75 Å². The average Bonchev–Trinajstić information content (AvgIpc) is 2.98. The zero-order valence-electron chi connectivity index (χ0n) is 12.0. The van der Waals surface area contributed by atoms with Crippen molar-refractivity contribution in [1.82, 2.24) is 14.9 Å². The normalized spacial score (nSPS) is 10.4. The summed E-state index contributed by atoms with van der Waals surface area (Å²) < 4.78 is 1.95. The molecule has 6 nitrogen and oxygen atoms in total. The minimum Gasteiger partial charge on any atom is -0.507 e. The molecule has 0 radical (unpaired) electrons. The quantitative estimate of drug-likeness (QED) is 0.327. The van der Waals surface area contributed by atoms with Crippen LogP contribution in [-0.4, -0.2) is 27.1 Å². The summed E-state index contributed by atoms with van der Waals surface area (Å²) >= 11 is 0. The predicted octanol–water partition coefficient (Wildman–Crippen LogP) is 1.81. The first-order chi connectivity index (χ1) is 10.1. The third-order valence-corrected chi connectivity index (χ3v) is 2.92. The summed E-state index contributed by atoms with van der Waals surface area (Å²) in [7, 11) is 0. The molecule has 118 valence electrons. The third kappa shape index (κ3) is 5.49. The molecule has 2 aromatic rings. The number of phenols is 1. The van der Waals surface area contributed by atoms with Crippen molar-refractivity contribution in [2.24, 2.45) is 0 Å². The molecule has 0 saturated heterocycles. The van der Waals surface area contributed by atoms with Crippen LogP contribution in [0.5, 0.6) is 5.75 Å². The fourth-order valence-electron chi connectivity index (χ4n) is 1.82. The summed E-state index contributed by atoms with van der Waals surface area (Å²) in [4.78, 5) is 15.6. The Morgan fingerprint density at radius 2 is 2.27 bits per heavy atom. The summed E-state index contributed by atoms with van der Waals surface area (Å²) in [5.41, 5.74) is 6.68. The molecule has 0 aliphatic rings. The van der Waals surface area contributed by atoms with E-state index in [0.29, 0.717) is 17.8 Å². The highest BCUT2D eigenvalue weighted by atomic mass is 35.5. The number of hydrogen-bond donors (Lipinski definition) is 3. The second-order valence-electron chi connectivity index (χ2n) is 4.60. The van der Waals surface area contributed by atoms with Gasteiger partial charge in [-0.1, -0.05) is 0 Å². The number of amides is 1. The SMILES string of the molecule is Cl.Nc1ccc(O)c(/C=C/C(=O)NCCCn2ccnc2)c1. The first-order valence-corrected chi connectivity index (χ1v) is 6.65. The van der Waals surface area contributed by atoms with Crippen molar-refractivity contribution in [3.63, 3.8) is 0 Å². The smallest absolute Gasteiger partial charge is 0.244 e. The maximum atomic E-state index is 11.6. The van der Waals surface area contributed by atoms with Gasteiger partial charge in [0.2, 0.25) is 5.91 Å². The molecule has 4 N–H and O–H groups in total. The second kappa shape index (κ2) is 8.74. The van der Waals surface area contributed by atoms with Gasteiger partial charge < -0.3 is 20.7 Å². The van der Waals surface area contributed by atoms with Crippen molar-refractivity contribution >= 4 is 30.1 Å². The fraction of sp³-hybridized carbons (Fsp3) is 0.200. The van der Waals surface area contributed by atoms with Crippen LogP contribution >= 0.6 is 12.4 Å². The number of nitrogens with two attached hydrogens (primary N) is 1. The van der Waals surface area contributed by atoms with Crippen LogP contribution in [0.4, 0.5) is 5.69 Å². The molecule has 1 aromatic carbocycles. The van der Waals surface area contributed by atoms with Crippen LogP contribution in [0.3, 0.4) is 0 Å². The van der Waals surface area contributed by atoms with Crippen LogP contribution in [0.25, 0.3) is 6.08 Å². The lowest BCUT2D eigenvalue weighted by atomic mass is 10.1. The Balaban J connectivity index is 0.00000242. The van der Waals surface area contributed by atoms with Crippen molar-refractivity contribution < 1.29 is 9.90 Å². The van der Waals surface area contributed by atoms with Crippen LogP contribution in [-0.2, 0) is 11.3 Å². The van der Waals surface area contributed by atoms with Crippen molar-refractivity contribution in [3.8, 4) is 5.75 Å². The lowest BCUT2D eigenvalue weighted by Gasteiger charge is -2.03. The van der Waals surface area contributed by atoms with Gasteiger partial charge in [0.05, 0.1) is 6.33 Å². The van der Waals surface area contributed by atoms with Crippen molar-refractivity contribution in [2.75, 3.05) is 12.3 Å². The number of aromatic hydroxyl groups is 1. The molecule has 0 atom stereocenters. The Morgan fingerprint density at radius 1 is 1.45 bits per heavy atom. The zero-order valence-corrected chi connectivity index (χ0v) is 12.8. The number of nitrogens with zero attached hydrogens (tertiary/aromatic N) is 2. The monoisotopic (exact) mass is 322 g/mol. The molecule has 0 fully saturated rings. The zero-order chi connectivity index (χ0) is 15.1. The predicted molar refractivity (Wildman–Crippen MR) is 88.7 cm³/mol. The number of rotatable bonds is 6. The minimum atomic E-state index is -0.206. The van der Waals surface area contributed by atoms with Crippen LogP contribution in [0.15, 0.2) is 43.0 Å². The van der Waals surface area contributed by atoms with Gasteiger partial charge in [-0.25, -0.2) is 4.98 Å². The first-order valence-electron chi connectivity index (χ1n) is 6.65. The number of nitrogen functional groups attached to an aromatic ring is 1. The average molecular weight is 323 g/mol. The number of hydrogen-bond acceptors (Lipinski definition) is 4. The maximum Gasteiger partial charge on any atom is 0.244 e. The van der Waals surface area contributed by atoms with Crippen molar-refractivity contribution in [2.45, 2.75) is 13.0 Å². The molecule has 1 aromatic heterocycles. The third-order valence-electron chi connectivity index (χ3n) is 2.92. The van der Waals surface area contributed by atoms with Crippen LogP contribution in [0.2, 0.25) is 0 Å². The number of carbonyl (C=O) groups is 1. The molecule has 0 bridgehead atoms. The number of phenolic OH excluding ortho intramolecular Hbond substituents is 1. The molecule has 0 spiro atoms. The summed E-state index contributed by atoms with van der Waals surface area (Å²) in [5, 5.41) is 12.4. The van der Waals surface area contributed by atoms with E-state index in [1.165, 1.54) is 18.2 Å². The molecular formula is C15H19ClN4O2. The number of halogens is 1. The Labute approximate surface area is 135 Å². The lowest BCUT2D eigenvalue weighted by molar-refractivity contribution is -0.116. The number of anilines is 1. The highest BCUT2D eigenvalue weighted by molar-refractivity contribution is 5.92. The van der Waals surface area contributed by atoms with Gasteiger partial charge in [-0.3, -0.25) is 4.79 Å². The molecule has 7 heteroatoms. The number of nitrogens with one attached hydrogen (secondary N) is 1. The molecular weight excluding hydrogens is 304 g/mol. The van der Waals surface area contributed by atoms with Gasteiger partial charge >= 0.3 is 0 Å². The molecule has 0 aliphatic heterocycles. The lowest BCUT2D eigenvalue weighted by Crippen LogP contribution is -2.22. The molecule has 1 heterocycles. The number of carbonyl (C=O) groups excluding carboxylic acids is 1. The van der Waals surface area contributed by atoms with Crippen LogP contribution in [0.1, 0.15) is 12.0 Å². The van der Waals surface area contributed by atoms with E-state index in [4.69, 9.17) is 5.73 Å². The van der Waals surface area contributed by atoms with E-state index in [-0.39, 0.29) is 24.1 Å². The Hall–Kier alpha value is -2.47. The van der Waals surface area contributed by atoms with Gasteiger partial charge in [0.15, 0.2) is 0 Å². The standard InChI is InChI=1S/C15H18N4O2.ClH/c16-13-3-4-14(20)12(10-13)2-5-15(21)18-6-1-8-19-9-7-17-11-19;/h2-5,7,9-11,20H,1,6,8,16H2,(H,18,21);1H/b5-2+;. The van der Waals surface area contributed by atoms with Gasteiger partial charge in [-0.2, -0.15) is 0 Å². The van der Waals surface area contributed by atoms with E-state index in [2.05, 4.69) is 10.3 Å². The minimum absolute atomic E-state index is 0. The molecule has 2 rings (SSSR count). The summed E-state index contributed by atoms with van der Waals surface area (Å²) in [6, 6.07) is 4.71. The van der Waals surface area contributed by atoms with E-state index in [0.717, 1.165) is 13.0 Å². The van der Waals surface area contributed by atoms with Crippen LogP contribution < -0.4 is 11.1 Å². The van der Waals surface area contributed by atoms with Gasteiger partial charge in [0, 0.05) is 42.8 Å². The van der Waals surface area contributed by atoms with E-state index in [1.807, 2.05) is 10.8 Å². The summed E-state index contributed by atoms with van der Waals surface area (Å²) in [5.74, 6) is -0.115. The number of aryl methyl sites for hydroxylation is 1. The fourth-order valence-corrected chi connectivity index (χ4v) is 1.82. The molecule has 0 saturated carbocycles. The van der Waals surface area contributed by atoms with Crippen molar-refractivity contribution in [1.29, 1.82) is 0 Å². The molecule has 1 amide bonds. The van der Waals surface area contributed by atoms with E-state index >= 15 is 0 Å². The second-order valence-corrected chi connectivity index (χ2v) is 4.60. The maximum absolute atomic E-state index is 11.6. The van der Waals surface area contributed by atoms with E-state index < -0.39 is 0 Å². The highest BCUT2D eigenvalue weighted by Gasteiger charge is 1.99. The molecule has 22 heavy (non-hydrogen) atoms. The molecule has 0 aliphatic carbocycles. The number of imidazole rings is 1. The van der Waals surface area contributed by atoms with Gasteiger partial charge in [-0.05, 0) is 30.7 Å². The van der Waals surface area contributed by atoms with E-state index in [1.54, 1.807) is 24.7 Å². The van der Waals surface area contributed by atoms with E-state index in [9.17, 15) is 9.90 Å². The summed E-state index contributed by atoms with van der Waals surface area (Å²) in [6.45, 7) is 1.38. The first kappa shape index (κ1) is 17.6. The van der Waals surface area contributed by atoms with Crippen molar-refractivity contribution in [3.05, 3.63) is 48.6 Å².